The highest BCUT2D eigenvalue weighted by atomic mass is 19.3. The molecule has 8 nitrogen and oxygen atoms in total. The third-order valence-corrected chi connectivity index (χ3v) is 3.89. The molecule has 1 aliphatic rings. The Morgan fingerprint density at radius 1 is 1.46 bits per heavy atom. The lowest BCUT2D eigenvalue weighted by Gasteiger charge is -2.28. The molecule has 3 N–H and O–H groups in total. The Morgan fingerprint density at radius 2 is 2.19 bits per heavy atom. The first-order valence-electron chi connectivity index (χ1n) is 7.97. The lowest BCUT2D eigenvalue weighted by atomic mass is 10.2. The smallest absolute Gasteiger partial charge is 0.387 e. The van der Waals surface area contributed by atoms with E-state index in [1.807, 2.05) is 0 Å². The zero-order valence-corrected chi connectivity index (χ0v) is 14.6. The second-order valence-corrected chi connectivity index (χ2v) is 5.86. The van der Waals surface area contributed by atoms with Gasteiger partial charge in [0.25, 0.3) is 5.91 Å². The number of likely N-dealkylation sites (N-methyl/N-ethyl adjacent to an activating group) is 1. The minimum Gasteiger partial charge on any atom is -0.433 e. The van der Waals surface area contributed by atoms with E-state index in [9.17, 15) is 18.4 Å². The van der Waals surface area contributed by atoms with E-state index in [0.717, 1.165) is 0 Å². The van der Waals surface area contributed by atoms with E-state index in [-0.39, 0.29) is 30.5 Å². The van der Waals surface area contributed by atoms with Gasteiger partial charge in [-0.2, -0.15) is 8.78 Å². The highest BCUT2D eigenvalue weighted by molar-refractivity contribution is 5.98. The van der Waals surface area contributed by atoms with E-state index in [2.05, 4.69) is 10.1 Å². The molecule has 10 heteroatoms. The minimum absolute atomic E-state index is 0.0598. The molecule has 2 rings (SSSR count). The number of halogens is 2. The van der Waals surface area contributed by atoms with Crippen LogP contribution in [-0.2, 0) is 14.3 Å². The zero-order valence-electron chi connectivity index (χ0n) is 14.6. The lowest BCUT2D eigenvalue weighted by Crippen LogP contribution is -2.45. The van der Waals surface area contributed by atoms with Gasteiger partial charge in [0.2, 0.25) is 5.91 Å². The largest absolute Gasteiger partial charge is 0.433 e. The van der Waals surface area contributed by atoms with Crippen LogP contribution < -0.4 is 20.7 Å². The summed E-state index contributed by atoms with van der Waals surface area (Å²) >= 11 is 0. The monoisotopic (exact) mass is 372 g/mol. The van der Waals surface area contributed by atoms with E-state index >= 15 is 0 Å². The zero-order chi connectivity index (χ0) is 19.3. The molecule has 26 heavy (non-hydrogen) atoms. The first kappa shape index (κ1) is 20.0. The molecule has 0 radical (unpaired) electrons. The average Bonchev–Trinajstić information content (AvgIpc) is 2.56. The van der Waals surface area contributed by atoms with Crippen molar-refractivity contribution in [2.45, 2.75) is 12.7 Å². The first-order valence-corrected chi connectivity index (χ1v) is 7.97. The number of benzene rings is 1. The number of anilines is 2. The van der Waals surface area contributed by atoms with Gasteiger partial charge in [0.05, 0.1) is 12.3 Å². The van der Waals surface area contributed by atoms with Crippen molar-refractivity contribution < 1.29 is 27.8 Å². The number of nitrogens with one attached hydrogen (secondary N) is 1. The second kappa shape index (κ2) is 8.88. The molecule has 2 amide bonds. The topological polar surface area (TPSA) is 97.1 Å². The van der Waals surface area contributed by atoms with E-state index in [1.54, 1.807) is 25.1 Å². The van der Waals surface area contributed by atoms with Crippen LogP contribution in [0.2, 0.25) is 0 Å². The van der Waals surface area contributed by atoms with Gasteiger partial charge < -0.3 is 25.4 Å². The predicted molar refractivity (Wildman–Crippen MR) is 91.4 cm³/mol. The van der Waals surface area contributed by atoms with Crippen molar-refractivity contribution in [1.29, 1.82) is 0 Å². The normalized spacial score (nSPS) is 16.1. The van der Waals surface area contributed by atoms with Crippen molar-refractivity contribution in [2.75, 3.05) is 50.6 Å². The molecule has 1 aromatic carbocycles. The Morgan fingerprint density at radius 3 is 2.77 bits per heavy atom. The molecule has 1 atom stereocenters. The summed E-state index contributed by atoms with van der Waals surface area (Å²) in [6.45, 7) is -2.46. The summed E-state index contributed by atoms with van der Waals surface area (Å²) in [7, 11) is 3.36. The summed E-state index contributed by atoms with van der Waals surface area (Å²) in [5.41, 5.74) is 6.03. The van der Waals surface area contributed by atoms with E-state index in [4.69, 9.17) is 10.5 Å². The van der Waals surface area contributed by atoms with Crippen molar-refractivity contribution in [3.05, 3.63) is 18.2 Å². The summed E-state index contributed by atoms with van der Waals surface area (Å²) < 4.78 is 35.1. The summed E-state index contributed by atoms with van der Waals surface area (Å²) in [6, 6.07) is 3.62. The molecule has 0 spiro atoms. The predicted octanol–water partition coefficient (Wildman–Crippen LogP) is 0.479. The molecule has 1 saturated heterocycles. The summed E-state index contributed by atoms with van der Waals surface area (Å²) in [5, 5.41) is 2.54. The Labute approximate surface area is 149 Å². The van der Waals surface area contributed by atoms with Gasteiger partial charge >= 0.3 is 6.61 Å². The molecule has 0 saturated carbocycles. The lowest BCUT2D eigenvalue weighted by molar-refractivity contribution is -0.125. The number of nitrogens with zero attached hydrogens (tertiary/aromatic N) is 2. The van der Waals surface area contributed by atoms with Crippen LogP contribution in [0.5, 0.6) is 5.75 Å². The van der Waals surface area contributed by atoms with Crippen LogP contribution in [0.15, 0.2) is 18.2 Å². The number of hydrogen-bond acceptors (Lipinski definition) is 6. The maximum atomic E-state index is 12.8. The van der Waals surface area contributed by atoms with Crippen LogP contribution in [0.4, 0.5) is 20.2 Å². The molecular formula is C16H22F2N4O4. The number of morpholine rings is 1. The number of ether oxygens (including phenoxy) is 2. The quantitative estimate of drug-likeness (QED) is 0.723. The van der Waals surface area contributed by atoms with Crippen molar-refractivity contribution in [3.63, 3.8) is 0 Å². The molecule has 0 bridgehead atoms. The molecule has 1 aliphatic heterocycles. The molecular weight excluding hydrogens is 350 g/mol. The van der Waals surface area contributed by atoms with E-state index in [1.165, 1.54) is 17.0 Å². The van der Waals surface area contributed by atoms with Gasteiger partial charge in [0, 0.05) is 24.8 Å². The third kappa shape index (κ3) is 4.87. The Balaban J connectivity index is 2.28. The Kier molecular flexibility index (Phi) is 6.83. The maximum Gasteiger partial charge on any atom is 0.387 e. The molecule has 144 valence electrons. The number of carbonyl (C=O) groups is 2. The number of alkyl halides is 2. The number of rotatable bonds is 7. The average molecular weight is 372 g/mol. The Bertz CT molecular complexity index is 657. The highest BCUT2D eigenvalue weighted by Crippen LogP contribution is 2.32. The highest BCUT2D eigenvalue weighted by Gasteiger charge is 2.24. The van der Waals surface area contributed by atoms with Gasteiger partial charge in [0.15, 0.2) is 5.75 Å². The van der Waals surface area contributed by atoms with Crippen molar-refractivity contribution in [1.82, 2.24) is 4.90 Å². The fraction of sp³-hybridized carbons (Fsp3) is 0.500. The number of hydrogen-bond donors (Lipinski definition) is 2. The fourth-order valence-corrected chi connectivity index (χ4v) is 2.54. The van der Waals surface area contributed by atoms with Crippen LogP contribution in [0, 0.1) is 0 Å². The maximum absolute atomic E-state index is 12.8. The van der Waals surface area contributed by atoms with Crippen molar-refractivity contribution >= 4 is 23.2 Å². The van der Waals surface area contributed by atoms with Crippen LogP contribution in [0.3, 0.4) is 0 Å². The molecule has 1 aromatic rings. The van der Waals surface area contributed by atoms with Gasteiger partial charge in [-0.1, -0.05) is 0 Å². The molecule has 0 unspecified atom stereocenters. The third-order valence-electron chi connectivity index (χ3n) is 3.89. The van der Waals surface area contributed by atoms with Crippen molar-refractivity contribution in [2.24, 2.45) is 5.73 Å². The van der Waals surface area contributed by atoms with E-state index < -0.39 is 18.6 Å². The summed E-state index contributed by atoms with van der Waals surface area (Å²) in [6.07, 6.45) is 0. The van der Waals surface area contributed by atoms with Gasteiger partial charge in [0.1, 0.15) is 12.6 Å². The summed E-state index contributed by atoms with van der Waals surface area (Å²) in [4.78, 5) is 27.2. The van der Waals surface area contributed by atoms with Gasteiger partial charge in [-0.3, -0.25) is 14.5 Å². The number of carbonyl (C=O) groups excluding carboxylic acids is 2. The van der Waals surface area contributed by atoms with Gasteiger partial charge in [-0.15, -0.1) is 0 Å². The van der Waals surface area contributed by atoms with Crippen molar-refractivity contribution in [3.8, 4) is 5.75 Å². The molecule has 1 heterocycles. The summed E-state index contributed by atoms with van der Waals surface area (Å²) in [5.74, 6) is -0.974. The standard InChI is InChI=1S/C16H22F2N4O4/c1-21(2)12(8-19)15(24)20-11-4-3-10(7-13(11)26-16(17)18)22-5-6-25-9-14(22)23/h3-4,7,12,16H,5-6,8-9,19H2,1-2H3,(H,20,24)/t12-/m1/s1. The Hall–Kier alpha value is -2.30. The van der Waals surface area contributed by atoms with E-state index in [0.29, 0.717) is 18.8 Å². The van der Waals surface area contributed by atoms with Gasteiger partial charge in [-0.05, 0) is 26.2 Å². The van der Waals surface area contributed by atoms with Crippen LogP contribution in [0.25, 0.3) is 0 Å². The molecule has 0 aromatic heterocycles. The number of amides is 2. The van der Waals surface area contributed by atoms with Gasteiger partial charge in [-0.25, -0.2) is 0 Å². The SMILES string of the molecule is CN(C)[C@H](CN)C(=O)Nc1ccc(N2CCOCC2=O)cc1OC(F)F. The van der Waals surface area contributed by atoms with Crippen LogP contribution >= 0.6 is 0 Å². The number of nitrogens with two attached hydrogens (primary N) is 1. The minimum atomic E-state index is -3.08. The molecule has 0 aliphatic carbocycles. The molecule has 1 fully saturated rings. The van der Waals surface area contributed by atoms with Crippen LogP contribution in [-0.4, -0.2) is 69.8 Å². The van der Waals surface area contributed by atoms with Crippen LogP contribution in [0.1, 0.15) is 0 Å². The first-order chi connectivity index (χ1) is 12.3. The fourth-order valence-electron chi connectivity index (χ4n) is 2.54. The second-order valence-electron chi connectivity index (χ2n) is 5.86.